The summed E-state index contributed by atoms with van der Waals surface area (Å²) >= 11 is 0. The highest BCUT2D eigenvalue weighted by Gasteiger charge is 2.23. The van der Waals surface area contributed by atoms with Gasteiger partial charge < -0.3 is 9.64 Å². The van der Waals surface area contributed by atoms with E-state index in [1.165, 1.54) is 0 Å². The van der Waals surface area contributed by atoms with Crippen LogP contribution < -0.4 is 4.90 Å². The maximum atomic E-state index is 9.20. The molecule has 17 heavy (non-hydrogen) atoms. The summed E-state index contributed by atoms with van der Waals surface area (Å²) in [5.74, 6) is 0. The van der Waals surface area contributed by atoms with Crippen LogP contribution >= 0.6 is 0 Å². The smallest absolute Gasteiger partial charge is 0.101 e. The molecule has 0 bridgehead atoms. The highest BCUT2D eigenvalue weighted by atomic mass is 16.5. The van der Waals surface area contributed by atoms with Crippen molar-refractivity contribution in [3.8, 4) is 6.07 Å². The van der Waals surface area contributed by atoms with Crippen molar-refractivity contribution in [1.29, 1.82) is 5.26 Å². The van der Waals surface area contributed by atoms with Crippen molar-refractivity contribution in [3.05, 3.63) is 29.3 Å². The second-order valence-electron chi connectivity index (χ2n) is 4.79. The molecule has 0 unspecified atom stereocenters. The van der Waals surface area contributed by atoms with Crippen LogP contribution in [0.15, 0.2) is 18.2 Å². The van der Waals surface area contributed by atoms with Crippen molar-refractivity contribution in [3.63, 3.8) is 0 Å². The van der Waals surface area contributed by atoms with Gasteiger partial charge in [-0.3, -0.25) is 0 Å². The molecule has 0 aliphatic carbocycles. The molecule has 90 valence electrons. The lowest BCUT2D eigenvalue weighted by Crippen LogP contribution is -2.45. The van der Waals surface area contributed by atoms with Gasteiger partial charge in [-0.2, -0.15) is 5.26 Å². The van der Waals surface area contributed by atoms with Gasteiger partial charge in [0.1, 0.15) is 6.07 Å². The van der Waals surface area contributed by atoms with Gasteiger partial charge in [0.05, 0.1) is 23.5 Å². The lowest BCUT2D eigenvalue weighted by atomic mass is 10.1. The molecule has 0 aromatic heterocycles. The Kier molecular flexibility index (Phi) is 3.35. The van der Waals surface area contributed by atoms with Gasteiger partial charge in [-0.25, -0.2) is 0 Å². The minimum absolute atomic E-state index is 0.214. The summed E-state index contributed by atoms with van der Waals surface area (Å²) in [6.07, 6.45) is 0.429. The first-order valence-corrected chi connectivity index (χ1v) is 6.01. The van der Waals surface area contributed by atoms with Crippen LogP contribution in [0.2, 0.25) is 0 Å². The van der Waals surface area contributed by atoms with E-state index in [0.717, 1.165) is 29.9 Å². The van der Waals surface area contributed by atoms with Crippen molar-refractivity contribution in [2.75, 3.05) is 18.0 Å². The molecule has 1 saturated heterocycles. The normalized spacial score (nSPS) is 24.5. The van der Waals surface area contributed by atoms with Crippen molar-refractivity contribution in [2.24, 2.45) is 0 Å². The quantitative estimate of drug-likeness (QED) is 0.743. The number of anilines is 1. The molecule has 2 atom stereocenters. The van der Waals surface area contributed by atoms with Gasteiger partial charge in [-0.15, -0.1) is 0 Å². The Morgan fingerprint density at radius 2 is 1.94 bits per heavy atom. The molecule has 1 aliphatic heterocycles. The molecule has 0 spiro atoms. The summed E-state index contributed by atoms with van der Waals surface area (Å²) in [7, 11) is 0. The van der Waals surface area contributed by atoms with Crippen molar-refractivity contribution in [2.45, 2.75) is 33.0 Å². The maximum Gasteiger partial charge on any atom is 0.101 e. The molecule has 3 heteroatoms. The predicted molar refractivity (Wildman–Crippen MR) is 68.1 cm³/mol. The fourth-order valence-corrected chi connectivity index (χ4v) is 2.39. The summed E-state index contributed by atoms with van der Waals surface area (Å²) in [6.45, 7) is 7.85. The molecule has 1 aromatic rings. The number of hydrogen-bond donors (Lipinski definition) is 0. The van der Waals surface area contributed by atoms with Crippen molar-refractivity contribution < 1.29 is 4.74 Å². The highest BCUT2D eigenvalue weighted by Crippen LogP contribution is 2.24. The minimum Gasteiger partial charge on any atom is -0.372 e. The fourth-order valence-electron chi connectivity index (χ4n) is 2.39. The van der Waals surface area contributed by atoms with Crippen LogP contribution in [0.3, 0.4) is 0 Å². The zero-order chi connectivity index (χ0) is 12.4. The van der Waals surface area contributed by atoms with E-state index in [1.54, 1.807) is 0 Å². The van der Waals surface area contributed by atoms with E-state index in [-0.39, 0.29) is 12.2 Å². The topological polar surface area (TPSA) is 36.3 Å². The Labute approximate surface area is 103 Å². The van der Waals surface area contributed by atoms with E-state index in [4.69, 9.17) is 4.74 Å². The van der Waals surface area contributed by atoms with E-state index in [0.29, 0.717) is 0 Å². The molecular weight excluding hydrogens is 212 g/mol. The lowest BCUT2D eigenvalue weighted by molar-refractivity contribution is -0.00522. The summed E-state index contributed by atoms with van der Waals surface area (Å²) < 4.78 is 5.71. The van der Waals surface area contributed by atoms with Gasteiger partial charge in [0.15, 0.2) is 0 Å². The number of hydrogen-bond acceptors (Lipinski definition) is 3. The zero-order valence-corrected chi connectivity index (χ0v) is 10.6. The summed E-state index contributed by atoms with van der Waals surface area (Å²) in [5, 5.41) is 9.20. The third-order valence-electron chi connectivity index (χ3n) is 3.03. The molecular formula is C14H18N2O. The van der Waals surface area contributed by atoms with Crippen LogP contribution in [0.4, 0.5) is 5.69 Å². The molecule has 1 aromatic carbocycles. The van der Waals surface area contributed by atoms with Crippen molar-refractivity contribution >= 4 is 5.69 Å². The number of benzene rings is 1. The third kappa shape index (κ3) is 2.59. The average molecular weight is 230 g/mol. The number of rotatable bonds is 1. The molecule has 0 N–H and O–H groups in total. The first-order chi connectivity index (χ1) is 8.10. The predicted octanol–water partition coefficient (Wildman–Crippen LogP) is 2.48. The Bertz CT molecular complexity index is 440. The third-order valence-corrected chi connectivity index (χ3v) is 3.03. The molecule has 3 nitrogen and oxygen atoms in total. The molecule has 1 aliphatic rings. The van der Waals surface area contributed by atoms with E-state index >= 15 is 0 Å². The summed E-state index contributed by atoms with van der Waals surface area (Å²) in [6, 6.07) is 8.32. The average Bonchev–Trinajstić information content (AvgIpc) is 2.27. The van der Waals surface area contributed by atoms with E-state index in [9.17, 15) is 5.26 Å². The van der Waals surface area contributed by atoms with Gasteiger partial charge >= 0.3 is 0 Å². The number of morpholine rings is 1. The molecule has 2 rings (SSSR count). The van der Waals surface area contributed by atoms with Gasteiger partial charge in [0.2, 0.25) is 0 Å². The summed E-state index contributed by atoms with van der Waals surface area (Å²) in [5.41, 5.74) is 2.91. The van der Waals surface area contributed by atoms with Crippen molar-refractivity contribution in [1.82, 2.24) is 0 Å². The summed E-state index contributed by atoms with van der Waals surface area (Å²) in [4.78, 5) is 2.25. The first-order valence-electron chi connectivity index (χ1n) is 6.01. The van der Waals surface area contributed by atoms with Crippen LogP contribution in [0, 0.1) is 18.3 Å². The lowest BCUT2D eigenvalue weighted by Gasteiger charge is -2.37. The van der Waals surface area contributed by atoms with E-state index in [1.807, 2.05) is 19.1 Å². The van der Waals surface area contributed by atoms with Gasteiger partial charge in [0, 0.05) is 13.1 Å². The fraction of sp³-hybridized carbons (Fsp3) is 0.500. The van der Waals surface area contributed by atoms with E-state index < -0.39 is 0 Å². The Balaban J connectivity index is 2.30. The van der Waals surface area contributed by atoms with Gasteiger partial charge in [-0.05, 0) is 38.5 Å². The highest BCUT2D eigenvalue weighted by molar-refractivity contribution is 5.60. The van der Waals surface area contributed by atoms with Crippen LogP contribution in [-0.2, 0) is 4.74 Å². The monoisotopic (exact) mass is 230 g/mol. The SMILES string of the molecule is Cc1ccc(N2C[C@@H](C)O[C@@H](C)C2)c(C#N)c1. The Morgan fingerprint density at radius 3 is 2.53 bits per heavy atom. The Morgan fingerprint density at radius 1 is 1.29 bits per heavy atom. The molecule has 0 radical (unpaired) electrons. The maximum absolute atomic E-state index is 9.20. The van der Waals surface area contributed by atoms with Crippen LogP contribution in [0.25, 0.3) is 0 Å². The standard InChI is InChI=1S/C14H18N2O/c1-10-4-5-14(13(6-10)7-15)16-8-11(2)17-12(3)9-16/h4-6,11-12H,8-9H2,1-3H3/t11-,12+. The second-order valence-corrected chi connectivity index (χ2v) is 4.79. The van der Waals surface area contributed by atoms with E-state index in [2.05, 4.69) is 30.9 Å². The molecule has 1 fully saturated rings. The minimum atomic E-state index is 0.214. The number of nitriles is 1. The largest absolute Gasteiger partial charge is 0.372 e. The van der Waals surface area contributed by atoms with Crippen LogP contribution in [0.1, 0.15) is 25.0 Å². The molecule has 0 saturated carbocycles. The zero-order valence-electron chi connectivity index (χ0n) is 10.6. The molecule has 0 amide bonds. The van der Waals surface area contributed by atoms with Gasteiger partial charge in [-0.1, -0.05) is 6.07 Å². The number of nitrogens with zero attached hydrogens (tertiary/aromatic N) is 2. The molecule has 1 heterocycles. The Hall–Kier alpha value is -1.53. The second kappa shape index (κ2) is 4.77. The van der Waals surface area contributed by atoms with Crippen LogP contribution in [0.5, 0.6) is 0 Å². The van der Waals surface area contributed by atoms with Gasteiger partial charge in [0.25, 0.3) is 0 Å². The van der Waals surface area contributed by atoms with Crippen LogP contribution in [-0.4, -0.2) is 25.3 Å². The number of ether oxygens (including phenoxy) is 1. The first kappa shape index (κ1) is 11.9. The number of aryl methyl sites for hydroxylation is 1.